The molecular formula is C14H19NOS2. The third kappa shape index (κ3) is 2.32. The zero-order chi connectivity index (χ0) is 12.5. The van der Waals surface area contributed by atoms with E-state index in [1.54, 1.807) is 0 Å². The second-order valence-electron chi connectivity index (χ2n) is 5.18. The topological polar surface area (TPSA) is 20.3 Å². The van der Waals surface area contributed by atoms with Crippen molar-refractivity contribution < 1.29 is 4.79 Å². The van der Waals surface area contributed by atoms with Crippen LogP contribution < -0.4 is 0 Å². The Balaban J connectivity index is 1.76. The zero-order valence-electron chi connectivity index (χ0n) is 10.7. The fourth-order valence-corrected chi connectivity index (χ4v) is 5.30. The van der Waals surface area contributed by atoms with Crippen LogP contribution in [0, 0.1) is 12.8 Å². The number of aryl methyl sites for hydroxylation is 1. The number of thiophene rings is 1. The van der Waals surface area contributed by atoms with Crippen LogP contribution in [0.25, 0.3) is 0 Å². The molecule has 1 amide bonds. The van der Waals surface area contributed by atoms with Gasteiger partial charge in [-0.2, -0.15) is 0 Å². The van der Waals surface area contributed by atoms with Gasteiger partial charge < -0.3 is 4.90 Å². The lowest BCUT2D eigenvalue weighted by atomic mass is 10.1. The van der Waals surface area contributed by atoms with Gasteiger partial charge in [0.2, 0.25) is 5.91 Å². The van der Waals surface area contributed by atoms with Gasteiger partial charge in [-0.05, 0) is 31.9 Å². The predicted octanol–water partition coefficient (Wildman–Crippen LogP) is 3.82. The summed E-state index contributed by atoms with van der Waals surface area (Å²) in [5.74, 6) is 1.81. The maximum atomic E-state index is 12.6. The standard InChI is InChI=1S/C14H19NOS2/c1-10-6-7-12(18-10)14-15(8-9-17-14)13(16)11-4-2-3-5-11/h6-7,11,14H,2-5,8-9H2,1H3/t14-/m1/s1. The maximum absolute atomic E-state index is 12.6. The Bertz CT molecular complexity index is 437. The van der Waals surface area contributed by atoms with E-state index in [1.807, 2.05) is 23.1 Å². The Morgan fingerprint density at radius 2 is 2.11 bits per heavy atom. The lowest BCUT2D eigenvalue weighted by Gasteiger charge is -2.25. The second-order valence-corrected chi connectivity index (χ2v) is 7.69. The molecule has 18 heavy (non-hydrogen) atoms. The Hall–Kier alpha value is -0.480. The first kappa shape index (κ1) is 12.5. The summed E-state index contributed by atoms with van der Waals surface area (Å²) in [4.78, 5) is 17.4. The molecule has 3 rings (SSSR count). The molecule has 0 spiro atoms. The fraction of sp³-hybridized carbons (Fsp3) is 0.643. The summed E-state index contributed by atoms with van der Waals surface area (Å²) in [5.41, 5.74) is 0. The molecule has 2 fully saturated rings. The molecule has 1 saturated carbocycles. The number of rotatable bonds is 2. The van der Waals surface area contributed by atoms with Crippen LogP contribution >= 0.6 is 23.1 Å². The highest BCUT2D eigenvalue weighted by molar-refractivity contribution is 7.99. The number of carbonyl (C=O) groups is 1. The lowest BCUT2D eigenvalue weighted by molar-refractivity contribution is -0.135. The van der Waals surface area contributed by atoms with Crippen LogP contribution in [0.1, 0.15) is 40.8 Å². The summed E-state index contributed by atoms with van der Waals surface area (Å²) in [6, 6.07) is 4.36. The smallest absolute Gasteiger partial charge is 0.226 e. The highest BCUT2D eigenvalue weighted by Gasteiger charge is 2.35. The predicted molar refractivity (Wildman–Crippen MR) is 77.9 cm³/mol. The highest BCUT2D eigenvalue weighted by atomic mass is 32.2. The van der Waals surface area contributed by atoms with Crippen LogP contribution in [0.4, 0.5) is 0 Å². The quantitative estimate of drug-likeness (QED) is 0.821. The maximum Gasteiger partial charge on any atom is 0.226 e. The van der Waals surface area contributed by atoms with Crippen molar-refractivity contribution in [1.82, 2.24) is 4.90 Å². The van der Waals surface area contributed by atoms with Crippen molar-refractivity contribution in [1.29, 1.82) is 0 Å². The number of thioether (sulfide) groups is 1. The number of amides is 1. The van der Waals surface area contributed by atoms with Crippen molar-refractivity contribution in [2.24, 2.45) is 5.92 Å². The molecule has 1 aliphatic heterocycles. The van der Waals surface area contributed by atoms with E-state index in [0.717, 1.165) is 25.1 Å². The van der Waals surface area contributed by atoms with E-state index in [9.17, 15) is 4.79 Å². The molecule has 1 aromatic heterocycles. The summed E-state index contributed by atoms with van der Waals surface area (Å²) in [6.07, 6.45) is 4.69. The molecule has 98 valence electrons. The van der Waals surface area contributed by atoms with Crippen molar-refractivity contribution in [3.63, 3.8) is 0 Å². The van der Waals surface area contributed by atoms with Gasteiger partial charge in [-0.1, -0.05) is 12.8 Å². The van der Waals surface area contributed by atoms with E-state index in [0.29, 0.717) is 11.8 Å². The van der Waals surface area contributed by atoms with E-state index in [1.165, 1.54) is 22.6 Å². The number of hydrogen-bond acceptors (Lipinski definition) is 3. The van der Waals surface area contributed by atoms with E-state index in [2.05, 4.69) is 24.0 Å². The van der Waals surface area contributed by atoms with Gasteiger partial charge in [0, 0.05) is 28.0 Å². The molecule has 2 heterocycles. The minimum atomic E-state index is 0.289. The number of carbonyl (C=O) groups excluding carboxylic acids is 1. The minimum Gasteiger partial charge on any atom is -0.325 e. The van der Waals surface area contributed by atoms with Gasteiger partial charge in [0.1, 0.15) is 5.37 Å². The molecule has 1 saturated heterocycles. The van der Waals surface area contributed by atoms with Gasteiger partial charge in [-0.3, -0.25) is 4.79 Å². The SMILES string of the molecule is Cc1ccc([C@H]2SCCN2C(=O)C2CCCC2)s1. The summed E-state index contributed by atoms with van der Waals surface area (Å²) in [5, 5.41) is 0.289. The third-order valence-electron chi connectivity index (χ3n) is 3.88. The minimum absolute atomic E-state index is 0.289. The van der Waals surface area contributed by atoms with Crippen LogP contribution in [-0.2, 0) is 4.79 Å². The van der Waals surface area contributed by atoms with E-state index in [4.69, 9.17) is 0 Å². The van der Waals surface area contributed by atoms with Crippen molar-refractivity contribution in [3.05, 3.63) is 21.9 Å². The molecule has 0 radical (unpaired) electrons. The van der Waals surface area contributed by atoms with Gasteiger partial charge in [0.15, 0.2) is 0 Å². The lowest BCUT2D eigenvalue weighted by Crippen LogP contribution is -2.34. The highest BCUT2D eigenvalue weighted by Crippen LogP contribution is 2.42. The van der Waals surface area contributed by atoms with Gasteiger partial charge in [0.25, 0.3) is 0 Å². The molecule has 1 atom stereocenters. The molecule has 2 aliphatic rings. The number of hydrogen-bond donors (Lipinski definition) is 0. The Kier molecular flexibility index (Phi) is 3.66. The largest absolute Gasteiger partial charge is 0.325 e. The molecular weight excluding hydrogens is 262 g/mol. The second kappa shape index (κ2) is 5.25. The average molecular weight is 281 g/mol. The van der Waals surface area contributed by atoms with Crippen molar-refractivity contribution in [3.8, 4) is 0 Å². The summed E-state index contributed by atoms with van der Waals surface area (Å²) in [6.45, 7) is 3.07. The average Bonchev–Trinajstić information content (AvgIpc) is 3.09. The molecule has 1 aliphatic carbocycles. The molecule has 0 unspecified atom stereocenters. The first-order valence-electron chi connectivity index (χ1n) is 6.74. The van der Waals surface area contributed by atoms with E-state index < -0.39 is 0 Å². The van der Waals surface area contributed by atoms with Gasteiger partial charge in [-0.15, -0.1) is 23.1 Å². The van der Waals surface area contributed by atoms with E-state index >= 15 is 0 Å². The Labute approximate surface area is 117 Å². The van der Waals surface area contributed by atoms with Gasteiger partial charge in [0.05, 0.1) is 0 Å². The van der Waals surface area contributed by atoms with Crippen molar-refractivity contribution in [2.45, 2.75) is 38.0 Å². The van der Waals surface area contributed by atoms with E-state index in [-0.39, 0.29) is 5.37 Å². The monoisotopic (exact) mass is 281 g/mol. The third-order valence-corrected chi connectivity index (χ3v) is 6.33. The van der Waals surface area contributed by atoms with Crippen LogP contribution in [0.5, 0.6) is 0 Å². The molecule has 4 heteroatoms. The van der Waals surface area contributed by atoms with Crippen molar-refractivity contribution in [2.75, 3.05) is 12.3 Å². The van der Waals surface area contributed by atoms with Crippen molar-refractivity contribution >= 4 is 29.0 Å². The summed E-state index contributed by atoms with van der Waals surface area (Å²) < 4.78 is 0. The first-order valence-corrected chi connectivity index (χ1v) is 8.60. The molecule has 0 bridgehead atoms. The molecule has 2 nitrogen and oxygen atoms in total. The molecule has 0 aromatic carbocycles. The summed E-state index contributed by atoms with van der Waals surface area (Å²) in [7, 11) is 0. The van der Waals surface area contributed by atoms with Gasteiger partial charge >= 0.3 is 0 Å². The Morgan fingerprint density at radius 3 is 2.78 bits per heavy atom. The zero-order valence-corrected chi connectivity index (χ0v) is 12.4. The van der Waals surface area contributed by atoms with Crippen LogP contribution in [0.15, 0.2) is 12.1 Å². The van der Waals surface area contributed by atoms with Crippen LogP contribution in [0.2, 0.25) is 0 Å². The number of nitrogens with zero attached hydrogens (tertiary/aromatic N) is 1. The molecule has 0 N–H and O–H groups in total. The first-order chi connectivity index (χ1) is 8.75. The normalized spacial score (nSPS) is 24.9. The van der Waals surface area contributed by atoms with Gasteiger partial charge in [-0.25, -0.2) is 0 Å². The molecule has 1 aromatic rings. The fourth-order valence-electron chi connectivity index (χ4n) is 2.92. The Morgan fingerprint density at radius 1 is 1.33 bits per heavy atom. The summed E-state index contributed by atoms with van der Waals surface area (Å²) >= 11 is 3.75. The van der Waals surface area contributed by atoms with Crippen LogP contribution in [0.3, 0.4) is 0 Å². The van der Waals surface area contributed by atoms with Crippen LogP contribution in [-0.4, -0.2) is 23.1 Å².